The number of hydrogen-bond acceptors (Lipinski definition) is 4. The third-order valence-corrected chi connectivity index (χ3v) is 5.74. The van der Waals surface area contributed by atoms with Crippen molar-refractivity contribution in [3.8, 4) is 0 Å². The van der Waals surface area contributed by atoms with Gasteiger partial charge in [0, 0.05) is 26.3 Å². The Morgan fingerprint density at radius 2 is 1.79 bits per heavy atom. The van der Waals surface area contributed by atoms with E-state index in [1.54, 1.807) is 7.05 Å². The van der Waals surface area contributed by atoms with E-state index >= 15 is 0 Å². The first-order valence-corrected chi connectivity index (χ1v) is 11.0. The van der Waals surface area contributed by atoms with Gasteiger partial charge in [-0.1, -0.05) is 37.5 Å². The maximum atomic E-state index is 11.2. The Labute approximate surface area is 171 Å². The number of ether oxygens (including phenoxy) is 1. The molecule has 0 aromatic heterocycles. The SMILES string of the molecule is CNC(=O)COCC1CCN(CCCCCCCN(C)c2ccccc2)CC1. The first-order valence-electron chi connectivity index (χ1n) is 11.0. The number of rotatable bonds is 13. The number of likely N-dealkylation sites (N-methyl/N-ethyl adjacent to an activating group) is 1. The van der Waals surface area contributed by atoms with Gasteiger partial charge in [0.25, 0.3) is 0 Å². The molecule has 1 N–H and O–H groups in total. The molecule has 1 aromatic carbocycles. The average molecular weight is 390 g/mol. The van der Waals surface area contributed by atoms with Crippen LogP contribution in [-0.2, 0) is 9.53 Å². The lowest BCUT2D eigenvalue weighted by atomic mass is 9.97. The predicted molar refractivity (Wildman–Crippen MR) is 117 cm³/mol. The molecule has 5 nitrogen and oxygen atoms in total. The monoisotopic (exact) mass is 389 g/mol. The lowest BCUT2D eigenvalue weighted by Crippen LogP contribution is -2.36. The fourth-order valence-electron chi connectivity index (χ4n) is 3.79. The van der Waals surface area contributed by atoms with Crippen LogP contribution in [0.15, 0.2) is 30.3 Å². The Hall–Kier alpha value is -1.59. The van der Waals surface area contributed by atoms with Gasteiger partial charge < -0.3 is 19.9 Å². The highest BCUT2D eigenvalue weighted by atomic mass is 16.5. The molecule has 0 bridgehead atoms. The van der Waals surface area contributed by atoms with Gasteiger partial charge in [0.15, 0.2) is 0 Å². The minimum absolute atomic E-state index is 0.0378. The number of benzene rings is 1. The van der Waals surface area contributed by atoms with Crippen molar-refractivity contribution < 1.29 is 9.53 Å². The van der Waals surface area contributed by atoms with Crippen LogP contribution in [0.5, 0.6) is 0 Å². The summed E-state index contributed by atoms with van der Waals surface area (Å²) in [5.74, 6) is 0.576. The van der Waals surface area contributed by atoms with Crippen molar-refractivity contribution in [3.63, 3.8) is 0 Å². The number of nitrogens with one attached hydrogen (secondary N) is 1. The van der Waals surface area contributed by atoms with Crippen LogP contribution in [0.1, 0.15) is 44.9 Å². The summed E-state index contributed by atoms with van der Waals surface area (Å²) in [5, 5.41) is 2.59. The number of piperidine rings is 1. The number of anilines is 1. The molecule has 1 aliphatic rings. The molecule has 1 saturated heterocycles. The summed E-state index contributed by atoms with van der Waals surface area (Å²) in [6.07, 6.45) is 8.97. The predicted octanol–water partition coefficient (Wildman–Crippen LogP) is 3.55. The fourth-order valence-corrected chi connectivity index (χ4v) is 3.79. The third kappa shape index (κ3) is 9.07. The molecule has 5 heteroatoms. The van der Waals surface area contributed by atoms with E-state index in [-0.39, 0.29) is 12.5 Å². The van der Waals surface area contributed by atoms with Crippen molar-refractivity contribution in [2.75, 3.05) is 58.4 Å². The molecule has 0 saturated carbocycles. The topological polar surface area (TPSA) is 44.8 Å². The molecule has 0 atom stereocenters. The van der Waals surface area contributed by atoms with Gasteiger partial charge in [0.05, 0.1) is 6.61 Å². The molecule has 2 rings (SSSR count). The summed E-state index contributed by atoms with van der Waals surface area (Å²) in [5.41, 5.74) is 1.31. The zero-order valence-corrected chi connectivity index (χ0v) is 17.9. The van der Waals surface area contributed by atoms with E-state index in [9.17, 15) is 4.79 Å². The Morgan fingerprint density at radius 3 is 2.50 bits per heavy atom. The maximum Gasteiger partial charge on any atom is 0.245 e. The number of para-hydroxylation sites is 1. The van der Waals surface area contributed by atoms with Crippen LogP contribution in [0.2, 0.25) is 0 Å². The summed E-state index contributed by atoms with van der Waals surface area (Å²) in [7, 11) is 3.83. The molecule has 1 aliphatic heterocycles. The molecule has 0 aliphatic carbocycles. The van der Waals surface area contributed by atoms with Gasteiger partial charge in [0.1, 0.15) is 6.61 Å². The van der Waals surface area contributed by atoms with Crippen LogP contribution < -0.4 is 10.2 Å². The van der Waals surface area contributed by atoms with Crippen molar-refractivity contribution in [2.24, 2.45) is 5.92 Å². The molecule has 1 fully saturated rings. The number of nitrogens with zero attached hydrogens (tertiary/aromatic N) is 2. The largest absolute Gasteiger partial charge is 0.375 e. The maximum absolute atomic E-state index is 11.2. The summed E-state index contributed by atoms with van der Waals surface area (Å²) in [6.45, 7) is 5.64. The third-order valence-electron chi connectivity index (χ3n) is 5.74. The Morgan fingerprint density at radius 1 is 1.11 bits per heavy atom. The van der Waals surface area contributed by atoms with E-state index < -0.39 is 0 Å². The van der Waals surface area contributed by atoms with Crippen molar-refractivity contribution in [3.05, 3.63) is 30.3 Å². The van der Waals surface area contributed by atoms with Gasteiger partial charge >= 0.3 is 0 Å². The van der Waals surface area contributed by atoms with E-state index in [0.29, 0.717) is 5.92 Å². The van der Waals surface area contributed by atoms with Crippen LogP contribution in [-0.4, -0.2) is 64.3 Å². The molecule has 0 radical (unpaired) electrons. The summed E-state index contributed by atoms with van der Waals surface area (Å²) >= 11 is 0. The van der Waals surface area contributed by atoms with Crippen molar-refractivity contribution >= 4 is 11.6 Å². The molecule has 1 heterocycles. The summed E-state index contributed by atoms with van der Waals surface area (Å²) in [6, 6.07) is 10.6. The molecular formula is C23H39N3O2. The first kappa shape index (κ1) is 22.7. The second-order valence-electron chi connectivity index (χ2n) is 8.00. The van der Waals surface area contributed by atoms with Crippen molar-refractivity contribution in [1.29, 1.82) is 0 Å². The number of likely N-dealkylation sites (tertiary alicyclic amines) is 1. The lowest BCUT2D eigenvalue weighted by molar-refractivity contribution is -0.125. The highest BCUT2D eigenvalue weighted by Gasteiger charge is 2.19. The van der Waals surface area contributed by atoms with E-state index in [0.717, 1.165) is 13.2 Å². The van der Waals surface area contributed by atoms with E-state index in [2.05, 4.69) is 52.5 Å². The van der Waals surface area contributed by atoms with E-state index in [4.69, 9.17) is 4.74 Å². The number of amides is 1. The zero-order valence-electron chi connectivity index (χ0n) is 17.9. The zero-order chi connectivity index (χ0) is 20.0. The normalized spacial score (nSPS) is 15.5. The van der Waals surface area contributed by atoms with Crippen LogP contribution >= 0.6 is 0 Å². The fraction of sp³-hybridized carbons (Fsp3) is 0.696. The second-order valence-corrected chi connectivity index (χ2v) is 8.00. The van der Waals surface area contributed by atoms with Crippen LogP contribution in [0.25, 0.3) is 0 Å². The molecule has 1 amide bonds. The number of unbranched alkanes of at least 4 members (excludes halogenated alkanes) is 4. The van der Waals surface area contributed by atoms with Gasteiger partial charge in [-0.05, 0) is 63.4 Å². The molecule has 0 spiro atoms. The average Bonchev–Trinajstić information content (AvgIpc) is 2.74. The van der Waals surface area contributed by atoms with Crippen LogP contribution in [0.4, 0.5) is 5.69 Å². The summed E-state index contributed by atoms with van der Waals surface area (Å²) < 4.78 is 5.51. The highest BCUT2D eigenvalue weighted by Crippen LogP contribution is 2.18. The molecule has 158 valence electrons. The summed E-state index contributed by atoms with van der Waals surface area (Å²) in [4.78, 5) is 16.1. The van der Waals surface area contributed by atoms with Gasteiger partial charge in [-0.2, -0.15) is 0 Å². The first-order chi connectivity index (χ1) is 13.7. The van der Waals surface area contributed by atoms with Crippen molar-refractivity contribution in [1.82, 2.24) is 10.2 Å². The van der Waals surface area contributed by atoms with E-state index in [1.807, 2.05) is 0 Å². The molecule has 28 heavy (non-hydrogen) atoms. The lowest BCUT2D eigenvalue weighted by Gasteiger charge is -2.31. The van der Waals surface area contributed by atoms with Gasteiger partial charge in [-0.25, -0.2) is 0 Å². The van der Waals surface area contributed by atoms with E-state index in [1.165, 1.54) is 70.3 Å². The Kier molecular flexibility index (Phi) is 11.0. The van der Waals surface area contributed by atoms with Crippen molar-refractivity contribution in [2.45, 2.75) is 44.9 Å². The molecular weight excluding hydrogens is 350 g/mol. The highest BCUT2D eigenvalue weighted by molar-refractivity contribution is 5.76. The molecule has 1 aromatic rings. The standard InChI is InChI=1S/C23H39N3O2/c1-24-23(27)20-28-19-21-13-17-26(18-14-21)16-10-5-3-4-9-15-25(2)22-11-7-6-8-12-22/h6-8,11-12,21H,3-5,9-10,13-20H2,1-2H3,(H,24,27). The van der Waals surface area contributed by atoms with Crippen LogP contribution in [0.3, 0.4) is 0 Å². The number of hydrogen-bond donors (Lipinski definition) is 1. The Bertz CT molecular complexity index is 530. The number of carbonyl (C=O) groups excluding carboxylic acids is 1. The number of carbonyl (C=O) groups is 1. The molecule has 0 unspecified atom stereocenters. The second kappa shape index (κ2) is 13.6. The van der Waals surface area contributed by atoms with Gasteiger partial charge in [-0.15, -0.1) is 0 Å². The quantitative estimate of drug-likeness (QED) is 0.524. The minimum Gasteiger partial charge on any atom is -0.375 e. The minimum atomic E-state index is -0.0378. The van der Waals surface area contributed by atoms with Crippen LogP contribution in [0, 0.1) is 5.92 Å². The Balaban J connectivity index is 1.42. The smallest absolute Gasteiger partial charge is 0.245 e. The van der Waals surface area contributed by atoms with Gasteiger partial charge in [0.2, 0.25) is 5.91 Å². The van der Waals surface area contributed by atoms with Gasteiger partial charge in [-0.3, -0.25) is 4.79 Å².